The first-order chi connectivity index (χ1) is 7.45. The Bertz CT molecular complexity index is 343. The van der Waals surface area contributed by atoms with Crippen LogP contribution in [0.2, 0.25) is 8.67 Å². The highest BCUT2D eigenvalue weighted by Crippen LogP contribution is 2.35. The fraction of sp³-hybridized carbons (Fsp3) is 0.636. The van der Waals surface area contributed by atoms with Crippen molar-refractivity contribution in [3.63, 3.8) is 0 Å². The summed E-state index contributed by atoms with van der Waals surface area (Å²) in [6.07, 6.45) is 0. The van der Waals surface area contributed by atoms with Crippen molar-refractivity contribution in [2.75, 3.05) is 6.61 Å². The van der Waals surface area contributed by atoms with Crippen molar-refractivity contribution in [3.8, 4) is 0 Å². The quantitative estimate of drug-likeness (QED) is 0.862. The second-order valence-corrected chi connectivity index (χ2v) is 6.40. The topological polar surface area (TPSA) is 32.3 Å². The summed E-state index contributed by atoms with van der Waals surface area (Å²) >= 11 is 13.4. The minimum Gasteiger partial charge on any atom is -0.396 e. The van der Waals surface area contributed by atoms with E-state index in [0.717, 1.165) is 9.90 Å². The summed E-state index contributed by atoms with van der Waals surface area (Å²) < 4.78 is 1.44. The fourth-order valence-corrected chi connectivity index (χ4v) is 3.10. The Balaban J connectivity index is 2.65. The van der Waals surface area contributed by atoms with E-state index in [1.807, 2.05) is 19.9 Å². The predicted octanol–water partition coefficient (Wildman–Crippen LogP) is 3.72. The Morgan fingerprint density at radius 1 is 1.38 bits per heavy atom. The molecular formula is C11H17Cl2NOS. The Labute approximate surface area is 111 Å². The van der Waals surface area contributed by atoms with Crippen LogP contribution in [-0.2, 0) is 0 Å². The van der Waals surface area contributed by atoms with E-state index in [0.29, 0.717) is 4.34 Å². The lowest BCUT2D eigenvalue weighted by Crippen LogP contribution is -2.35. The molecule has 0 aromatic carbocycles. The van der Waals surface area contributed by atoms with Crippen molar-refractivity contribution in [1.82, 2.24) is 5.32 Å². The van der Waals surface area contributed by atoms with E-state index in [-0.39, 0.29) is 24.6 Å². The first-order valence-electron chi connectivity index (χ1n) is 5.27. The first kappa shape index (κ1) is 14.3. The van der Waals surface area contributed by atoms with Gasteiger partial charge in [-0.15, -0.1) is 11.3 Å². The molecule has 2 N–H and O–H groups in total. The minimum atomic E-state index is 0.139. The molecule has 0 saturated heterocycles. The molecule has 3 atom stereocenters. The molecule has 0 radical (unpaired) electrons. The number of nitrogens with one attached hydrogen (secondary N) is 1. The lowest BCUT2D eigenvalue weighted by Gasteiger charge is -2.23. The fourth-order valence-electron chi connectivity index (χ4n) is 1.45. The second kappa shape index (κ2) is 6.22. The largest absolute Gasteiger partial charge is 0.396 e. The standard InChI is InChI=1S/C11H17Cl2NOS/c1-6(5-15)7(2)14-8(3)9-4-10(12)16-11(9)13/h4,6-8,14-15H,5H2,1-3H3. The van der Waals surface area contributed by atoms with E-state index < -0.39 is 0 Å². The third-order valence-electron chi connectivity index (χ3n) is 2.80. The summed E-state index contributed by atoms with van der Waals surface area (Å²) in [5, 5.41) is 12.5. The lowest BCUT2D eigenvalue weighted by molar-refractivity contribution is 0.202. The van der Waals surface area contributed by atoms with E-state index in [1.54, 1.807) is 0 Å². The van der Waals surface area contributed by atoms with Crippen LogP contribution < -0.4 is 5.32 Å². The second-order valence-electron chi connectivity index (χ2n) is 4.12. The molecule has 0 aliphatic heterocycles. The highest BCUT2D eigenvalue weighted by molar-refractivity contribution is 7.20. The van der Waals surface area contributed by atoms with E-state index in [9.17, 15) is 0 Å². The number of rotatable bonds is 5. The molecule has 0 saturated carbocycles. The van der Waals surface area contributed by atoms with Gasteiger partial charge in [-0.25, -0.2) is 0 Å². The van der Waals surface area contributed by atoms with Gasteiger partial charge in [-0.3, -0.25) is 0 Å². The number of thiophene rings is 1. The summed E-state index contributed by atoms with van der Waals surface area (Å²) in [5.41, 5.74) is 1.02. The summed E-state index contributed by atoms with van der Waals surface area (Å²) in [4.78, 5) is 0. The minimum absolute atomic E-state index is 0.139. The van der Waals surface area contributed by atoms with Crippen LogP contribution in [0.25, 0.3) is 0 Å². The van der Waals surface area contributed by atoms with Crippen LogP contribution in [0.3, 0.4) is 0 Å². The van der Waals surface area contributed by atoms with Gasteiger partial charge in [0.2, 0.25) is 0 Å². The summed E-state index contributed by atoms with van der Waals surface area (Å²) in [7, 11) is 0. The van der Waals surface area contributed by atoms with Crippen molar-refractivity contribution in [2.24, 2.45) is 5.92 Å². The van der Waals surface area contributed by atoms with Crippen LogP contribution in [0, 0.1) is 5.92 Å². The molecule has 0 amide bonds. The van der Waals surface area contributed by atoms with Crippen molar-refractivity contribution in [2.45, 2.75) is 32.9 Å². The van der Waals surface area contributed by atoms with E-state index in [1.165, 1.54) is 11.3 Å². The maximum atomic E-state index is 9.06. The molecule has 1 heterocycles. The summed E-state index contributed by atoms with van der Waals surface area (Å²) in [6, 6.07) is 2.26. The number of hydrogen-bond donors (Lipinski definition) is 2. The number of halogens is 2. The molecule has 16 heavy (non-hydrogen) atoms. The molecular weight excluding hydrogens is 265 g/mol. The SMILES string of the molecule is CC(NC(C)C(C)CO)c1cc(Cl)sc1Cl. The van der Waals surface area contributed by atoms with Crippen LogP contribution >= 0.6 is 34.5 Å². The molecule has 0 aliphatic carbocycles. The normalized spacial score (nSPS) is 17.1. The van der Waals surface area contributed by atoms with E-state index in [4.69, 9.17) is 28.3 Å². The van der Waals surface area contributed by atoms with Crippen molar-refractivity contribution in [3.05, 3.63) is 20.3 Å². The number of aliphatic hydroxyl groups is 1. The van der Waals surface area contributed by atoms with Gasteiger partial charge < -0.3 is 10.4 Å². The van der Waals surface area contributed by atoms with Crippen LogP contribution in [0.5, 0.6) is 0 Å². The number of aliphatic hydroxyl groups excluding tert-OH is 1. The lowest BCUT2D eigenvalue weighted by atomic mass is 10.0. The third-order valence-corrected chi connectivity index (χ3v) is 4.32. The van der Waals surface area contributed by atoms with E-state index >= 15 is 0 Å². The Kier molecular flexibility index (Phi) is 5.54. The van der Waals surface area contributed by atoms with Gasteiger partial charge in [-0.2, -0.15) is 0 Å². The van der Waals surface area contributed by atoms with Crippen LogP contribution in [0.1, 0.15) is 32.4 Å². The van der Waals surface area contributed by atoms with Crippen LogP contribution in [0.4, 0.5) is 0 Å². The van der Waals surface area contributed by atoms with Gasteiger partial charge in [0, 0.05) is 18.7 Å². The average Bonchev–Trinajstić information content (AvgIpc) is 2.56. The Morgan fingerprint density at radius 3 is 2.44 bits per heavy atom. The molecule has 3 unspecified atom stereocenters. The Hall–Kier alpha value is 0.200. The van der Waals surface area contributed by atoms with Crippen LogP contribution in [-0.4, -0.2) is 17.8 Å². The molecule has 0 fully saturated rings. The molecule has 92 valence electrons. The first-order valence-corrected chi connectivity index (χ1v) is 6.84. The molecule has 2 nitrogen and oxygen atoms in total. The predicted molar refractivity (Wildman–Crippen MR) is 71.6 cm³/mol. The van der Waals surface area contributed by atoms with Crippen molar-refractivity contribution in [1.29, 1.82) is 0 Å². The van der Waals surface area contributed by atoms with E-state index in [2.05, 4.69) is 12.2 Å². The zero-order valence-corrected chi connectivity index (χ0v) is 12.0. The maximum Gasteiger partial charge on any atom is 0.0991 e. The van der Waals surface area contributed by atoms with Crippen molar-refractivity contribution < 1.29 is 5.11 Å². The third kappa shape index (κ3) is 3.60. The zero-order valence-electron chi connectivity index (χ0n) is 9.63. The Morgan fingerprint density at radius 2 is 2.00 bits per heavy atom. The van der Waals surface area contributed by atoms with Gasteiger partial charge in [0.25, 0.3) is 0 Å². The molecule has 0 bridgehead atoms. The van der Waals surface area contributed by atoms with Crippen LogP contribution in [0.15, 0.2) is 6.07 Å². The van der Waals surface area contributed by atoms with Gasteiger partial charge >= 0.3 is 0 Å². The zero-order chi connectivity index (χ0) is 12.3. The van der Waals surface area contributed by atoms with Gasteiger partial charge in [-0.1, -0.05) is 30.1 Å². The van der Waals surface area contributed by atoms with Gasteiger partial charge in [-0.05, 0) is 31.4 Å². The smallest absolute Gasteiger partial charge is 0.0991 e. The molecule has 0 aliphatic rings. The van der Waals surface area contributed by atoms with Gasteiger partial charge in [0.1, 0.15) is 0 Å². The average molecular weight is 282 g/mol. The number of hydrogen-bond acceptors (Lipinski definition) is 3. The highest BCUT2D eigenvalue weighted by atomic mass is 35.5. The van der Waals surface area contributed by atoms with Gasteiger partial charge in [0.05, 0.1) is 8.67 Å². The van der Waals surface area contributed by atoms with Gasteiger partial charge in [0.15, 0.2) is 0 Å². The highest BCUT2D eigenvalue weighted by Gasteiger charge is 2.18. The molecule has 1 aromatic rings. The summed E-state index contributed by atoms with van der Waals surface area (Å²) in [5.74, 6) is 0.218. The molecule has 0 spiro atoms. The molecule has 5 heteroatoms. The molecule has 1 aromatic heterocycles. The molecule has 1 rings (SSSR count). The van der Waals surface area contributed by atoms with Crippen molar-refractivity contribution >= 4 is 34.5 Å². The summed E-state index contributed by atoms with van der Waals surface area (Å²) in [6.45, 7) is 6.29. The monoisotopic (exact) mass is 281 g/mol. The maximum absolute atomic E-state index is 9.06.